The average Bonchev–Trinajstić information content (AvgIpc) is 2.85. The molecule has 1 heterocycles. The van der Waals surface area contributed by atoms with Crippen molar-refractivity contribution in [1.29, 1.82) is 0 Å². The Kier molecular flexibility index (Phi) is 5.84. The second-order valence-corrected chi connectivity index (χ2v) is 8.90. The van der Waals surface area contributed by atoms with Gasteiger partial charge < -0.3 is 9.64 Å². The van der Waals surface area contributed by atoms with Crippen molar-refractivity contribution >= 4 is 17.5 Å². The number of fused-ring (bicyclic) bond motifs is 1. The van der Waals surface area contributed by atoms with E-state index < -0.39 is 0 Å². The van der Waals surface area contributed by atoms with Crippen LogP contribution in [-0.2, 0) is 17.9 Å². The molecule has 1 amide bonds. The number of hydrogen-bond acceptors (Lipinski definition) is 3. The number of hydrogen-bond donors (Lipinski definition) is 0. The monoisotopic (exact) mass is 412 g/mol. The second-order valence-electron chi connectivity index (χ2n) is 8.49. The fourth-order valence-corrected chi connectivity index (χ4v) is 4.91. The molecule has 1 aliphatic carbocycles. The number of nitrogens with zero attached hydrogens (tertiary/aromatic N) is 2. The minimum Gasteiger partial charge on any atom is -0.486 e. The number of para-hydroxylation sites is 1. The first-order valence-corrected chi connectivity index (χ1v) is 10.8. The van der Waals surface area contributed by atoms with Gasteiger partial charge in [0.25, 0.3) is 0 Å². The molecule has 0 aromatic heterocycles. The molecule has 5 heteroatoms. The Balaban J connectivity index is 1.58. The maximum Gasteiger partial charge on any atom is 0.219 e. The summed E-state index contributed by atoms with van der Waals surface area (Å²) in [7, 11) is 1.91. The minimum atomic E-state index is -0.220. The van der Waals surface area contributed by atoms with Gasteiger partial charge in [0.2, 0.25) is 5.91 Å². The first-order chi connectivity index (χ1) is 14.0. The molecule has 1 spiro atoms. The van der Waals surface area contributed by atoms with E-state index in [0.717, 1.165) is 61.7 Å². The lowest BCUT2D eigenvalue weighted by Gasteiger charge is -2.43. The van der Waals surface area contributed by atoms with Crippen molar-refractivity contribution in [3.05, 3.63) is 64.7 Å². The summed E-state index contributed by atoms with van der Waals surface area (Å²) in [5.41, 5.74) is 2.15. The highest BCUT2D eigenvalue weighted by molar-refractivity contribution is 6.31. The molecular formula is C24H29ClN2O2. The van der Waals surface area contributed by atoms with Crippen molar-refractivity contribution in [3.63, 3.8) is 0 Å². The zero-order chi connectivity index (χ0) is 20.4. The van der Waals surface area contributed by atoms with Crippen LogP contribution in [0.3, 0.4) is 0 Å². The van der Waals surface area contributed by atoms with Gasteiger partial charge in [0.1, 0.15) is 11.4 Å². The molecular weight excluding hydrogens is 384 g/mol. The van der Waals surface area contributed by atoms with Gasteiger partial charge in [-0.3, -0.25) is 9.69 Å². The Hall–Kier alpha value is -2.04. The third kappa shape index (κ3) is 4.44. The van der Waals surface area contributed by atoms with Gasteiger partial charge in [0, 0.05) is 50.2 Å². The van der Waals surface area contributed by atoms with Gasteiger partial charge in [-0.15, -0.1) is 0 Å². The van der Waals surface area contributed by atoms with Crippen LogP contribution in [-0.4, -0.2) is 40.9 Å². The Labute approximate surface area is 178 Å². The fourth-order valence-electron chi connectivity index (χ4n) is 4.72. The summed E-state index contributed by atoms with van der Waals surface area (Å²) in [5, 5.41) is 0.812. The van der Waals surface area contributed by atoms with Crippen LogP contribution >= 0.6 is 11.6 Å². The summed E-state index contributed by atoms with van der Waals surface area (Å²) in [6.45, 7) is 4.16. The van der Waals surface area contributed by atoms with E-state index >= 15 is 0 Å². The van der Waals surface area contributed by atoms with Crippen LogP contribution < -0.4 is 4.74 Å². The molecule has 2 aromatic rings. The summed E-state index contributed by atoms with van der Waals surface area (Å²) < 4.78 is 6.69. The molecule has 2 aliphatic rings. The number of carbonyl (C=O) groups is 1. The Morgan fingerprint density at radius 1 is 1.17 bits per heavy atom. The van der Waals surface area contributed by atoms with E-state index in [1.165, 1.54) is 5.56 Å². The van der Waals surface area contributed by atoms with Crippen molar-refractivity contribution < 1.29 is 9.53 Å². The molecule has 4 nitrogen and oxygen atoms in total. The molecule has 154 valence electrons. The molecule has 1 saturated carbocycles. The van der Waals surface area contributed by atoms with Crippen LogP contribution in [0.2, 0.25) is 5.02 Å². The lowest BCUT2D eigenvalue weighted by atomic mass is 9.81. The number of halogens is 1. The first-order valence-electron chi connectivity index (χ1n) is 10.4. The number of benzene rings is 2. The maximum atomic E-state index is 11.8. The van der Waals surface area contributed by atoms with E-state index in [-0.39, 0.29) is 11.5 Å². The normalized spacial score (nSPS) is 24.4. The van der Waals surface area contributed by atoms with Crippen LogP contribution in [0.25, 0.3) is 0 Å². The van der Waals surface area contributed by atoms with Gasteiger partial charge in [-0.1, -0.05) is 48.0 Å². The standard InChI is InChI=1S/C24H29ClN2O2/c1-18(28)26(2)21-11-13-24(14-12-21)17-27(15-19-7-3-5-9-22(19)25)16-20-8-4-6-10-23(20)29-24/h3-10,21H,11-17H2,1-2H3. The molecule has 1 fully saturated rings. The summed E-state index contributed by atoms with van der Waals surface area (Å²) in [4.78, 5) is 16.1. The highest BCUT2D eigenvalue weighted by Crippen LogP contribution is 2.39. The van der Waals surface area contributed by atoms with Crippen LogP contribution in [0, 0.1) is 0 Å². The third-order valence-electron chi connectivity index (χ3n) is 6.47. The van der Waals surface area contributed by atoms with E-state index in [0.29, 0.717) is 6.04 Å². The molecule has 29 heavy (non-hydrogen) atoms. The molecule has 0 unspecified atom stereocenters. The largest absolute Gasteiger partial charge is 0.486 e. The van der Waals surface area contributed by atoms with E-state index in [2.05, 4.69) is 29.2 Å². The Bertz CT molecular complexity index is 877. The van der Waals surface area contributed by atoms with Gasteiger partial charge in [0.05, 0.1) is 0 Å². The topological polar surface area (TPSA) is 32.8 Å². The van der Waals surface area contributed by atoms with Crippen LogP contribution in [0.1, 0.15) is 43.7 Å². The van der Waals surface area contributed by atoms with Crippen molar-refractivity contribution in [2.24, 2.45) is 0 Å². The lowest BCUT2D eigenvalue weighted by molar-refractivity contribution is -0.131. The summed E-state index contributed by atoms with van der Waals surface area (Å²) in [6.07, 6.45) is 3.83. The van der Waals surface area contributed by atoms with E-state index in [9.17, 15) is 4.79 Å². The van der Waals surface area contributed by atoms with E-state index in [1.807, 2.05) is 36.2 Å². The first kappa shape index (κ1) is 20.2. The highest BCUT2D eigenvalue weighted by Gasteiger charge is 2.42. The number of ether oxygens (including phenoxy) is 1. The van der Waals surface area contributed by atoms with Crippen molar-refractivity contribution in [3.8, 4) is 5.75 Å². The zero-order valence-electron chi connectivity index (χ0n) is 17.2. The van der Waals surface area contributed by atoms with E-state index in [4.69, 9.17) is 16.3 Å². The highest BCUT2D eigenvalue weighted by atomic mass is 35.5. The molecule has 0 radical (unpaired) electrons. The fraction of sp³-hybridized carbons (Fsp3) is 0.458. The predicted molar refractivity (Wildman–Crippen MR) is 116 cm³/mol. The van der Waals surface area contributed by atoms with Gasteiger partial charge in [0.15, 0.2) is 0 Å². The molecule has 0 saturated heterocycles. The quantitative estimate of drug-likeness (QED) is 0.719. The molecule has 1 aliphatic heterocycles. The van der Waals surface area contributed by atoms with Gasteiger partial charge in [-0.05, 0) is 43.4 Å². The third-order valence-corrected chi connectivity index (χ3v) is 6.84. The number of amides is 1. The molecule has 2 aromatic carbocycles. The van der Waals surface area contributed by atoms with Crippen molar-refractivity contribution in [2.45, 2.75) is 57.3 Å². The van der Waals surface area contributed by atoms with Gasteiger partial charge in [-0.25, -0.2) is 0 Å². The number of rotatable bonds is 3. The SMILES string of the molecule is CC(=O)N(C)C1CCC2(CC1)CN(Cc1ccccc1Cl)Cc1ccccc1O2. The van der Waals surface area contributed by atoms with Crippen LogP contribution in [0.15, 0.2) is 48.5 Å². The Morgan fingerprint density at radius 3 is 2.59 bits per heavy atom. The lowest BCUT2D eigenvalue weighted by Crippen LogP contribution is -2.51. The molecule has 0 atom stereocenters. The summed E-state index contributed by atoms with van der Waals surface area (Å²) in [5.74, 6) is 1.13. The second kappa shape index (κ2) is 8.37. The van der Waals surface area contributed by atoms with Gasteiger partial charge >= 0.3 is 0 Å². The van der Waals surface area contributed by atoms with E-state index in [1.54, 1.807) is 6.92 Å². The zero-order valence-corrected chi connectivity index (χ0v) is 18.0. The number of carbonyl (C=O) groups excluding carboxylic acids is 1. The minimum absolute atomic E-state index is 0.137. The van der Waals surface area contributed by atoms with Gasteiger partial charge in [-0.2, -0.15) is 0 Å². The summed E-state index contributed by atoms with van der Waals surface area (Å²) >= 11 is 6.45. The van der Waals surface area contributed by atoms with Crippen molar-refractivity contribution in [2.75, 3.05) is 13.6 Å². The predicted octanol–water partition coefficient (Wildman–Crippen LogP) is 4.89. The summed E-state index contributed by atoms with van der Waals surface area (Å²) in [6, 6.07) is 16.7. The van der Waals surface area contributed by atoms with Crippen molar-refractivity contribution in [1.82, 2.24) is 9.80 Å². The molecule has 4 rings (SSSR count). The molecule has 0 bridgehead atoms. The average molecular weight is 413 g/mol. The smallest absolute Gasteiger partial charge is 0.219 e. The maximum absolute atomic E-state index is 11.8. The Morgan fingerprint density at radius 2 is 1.86 bits per heavy atom. The molecule has 0 N–H and O–H groups in total. The van der Waals surface area contributed by atoms with Crippen LogP contribution in [0.5, 0.6) is 5.75 Å². The van der Waals surface area contributed by atoms with Crippen LogP contribution in [0.4, 0.5) is 0 Å².